The van der Waals surface area contributed by atoms with Crippen LogP contribution in [0.5, 0.6) is 0 Å². The zero-order valence-electron chi connectivity index (χ0n) is 20.1. The van der Waals surface area contributed by atoms with Gasteiger partial charge < -0.3 is 4.57 Å². The zero-order chi connectivity index (χ0) is 24.8. The van der Waals surface area contributed by atoms with Crippen LogP contribution in [0.2, 0.25) is 0 Å². The van der Waals surface area contributed by atoms with Gasteiger partial charge in [0.15, 0.2) is 0 Å². The van der Waals surface area contributed by atoms with Crippen LogP contribution in [0.25, 0.3) is 5.69 Å². The summed E-state index contributed by atoms with van der Waals surface area (Å²) in [5.74, 6) is 1.64. The van der Waals surface area contributed by atoms with Crippen molar-refractivity contribution < 1.29 is 4.79 Å². The lowest BCUT2D eigenvalue weighted by molar-refractivity contribution is 0.0955. The first-order chi connectivity index (χ1) is 16.9. The topological polar surface area (TPSA) is 46.4 Å². The molecule has 0 saturated carbocycles. The minimum Gasteiger partial charge on any atom is -0.317 e. The lowest BCUT2D eigenvalue weighted by atomic mass is 10.1. The molecule has 0 aliphatic rings. The fourth-order valence-corrected chi connectivity index (χ4v) is 5.41. The molecule has 1 N–H and O–H groups in total. The zero-order valence-corrected chi connectivity index (χ0v) is 22.5. The number of halogens is 1. The number of nitrogens with zero attached hydrogens (tertiary/aromatic N) is 2. The molecule has 0 atom stereocenters. The molecule has 0 fully saturated rings. The summed E-state index contributed by atoms with van der Waals surface area (Å²) in [5, 5.41) is 4.24. The van der Waals surface area contributed by atoms with E-state index in [4.69, 9.17) is 0 Å². The Bertz CT molecular complexity index is 1330. The number of hydrazone groups is 1. The van der Waals surface area contributed by atoms with Crippen molar-refractivity contribution in [1.29, 1.82) is 0 Å². The van der Waals surface area contributed by atoms with Gasteiger partial charge in [0.1, 0.15) is 0 Å². The van der Waals surface area contributed by atoms with E-state index >= 15 is 0 Å². The van der Waals surface area contributed by atoms with Crippen LogP contribution >= 0.6 is 27.7 Å². The molecule has 4 rings (SSSR count). The van der Waals surface area contributed by atoms with E-state index in [1.807, 2.05) is 42.1 Å². The molecule has 0 spiro atoms. The minimum absolute atomic E-state index is 0.229. The second-order valence-electron chi connectivity index (χ2n) is 8.44. The molecule has 0 bridgehead atoms. The Kier molecular flexibility index (Phi) is 8.26. The average Bonchev–Trinajstić information content (AvgIpc) is 3.08. The number of amides is 1. The summed E-state index contributed by atoms with van der Waals surface area (Å²) in [6.07, 6.45) is 1.70. The Morgan fingerprint density at radius 3 is 2.17 bits per heavy atom. The van der Waals surface area contributed by atoms with E-state index in [1.165, 1.54) is 16.7 Å². The number of nitrogens with one attached hydrogen (secondary N) is 1. The van der Waals surface area contributed by atoms with Crippen LogP contribution in [0.15, 0.2) is 88.4 Å². The standard InChI is InChI=1S/C29H28BrN3OS/c1-20-9-15-26(16-10-20)33-21(2)27(28(30)22(33)3)17-31-32-29(34)25-13-11-24(12-14-25)19-35-18-23-7-5-4-6-8-23/h4-17H,18-19H2,1-3H3,(H,32,34)/b31-17-. The van der Waals surface area contributed by atoms with E-state index in [1.54, 1.807) is 6.21 Å². The SMILES string of the molecule is Cc1ccc(-n2c(C)c(Br)c(/C=N\NC(=O)c3ccc(CSCc4ccccc4)cc3)c2C)cc1. The molecule has 35 heavy (non-hydrogen) atoms. The summed E-state index contributed by atoms with van der Waals surface area (Å²) in [7, 11) is 0. The van der Waals surface area contributed by atoms with E-state index in [9.17, 15) is 4.79 Å². The van der Waals surface area contributed by atoms with Gasteiger partial charge in [-0.3, -0.25) is 4.79 Å². The summed E-state index contributed by atoms with van der Waals surface area (Å²) >= 11 is 5.55. The van der Waals surface area contributed by atoms with Gasteiger partial charge in [-0.2, -0.15) is 16.9 Å². The second kappa shape index (κ2) is 11.6. The molecule has 0 aliphatic carbocycles. The molecular formula is C29H28BrN3OS. The maximum Gasteiger partial charge on any atom is 0.271 e. The summed E-state index contributed by atoms with van der Waals surface area (Å²) in [6.45, 7) is 6.19. The molecule has 0 aliphatic heterocycles. The van der Waals surface area contributed by atoms with Crippen LogP contribution in [0.4, 0.5) is 0 Å². The van der Waals surface area contributed by atoms with Crippen molar-refractivity contribution in [3.8, 4) is 5.69 Å². The molecule has 4 nitrogen and oxygen atoms in total. The van der Waals surface area contributed by atoms with E-state index in [0.717, 1.165) is 38.6 Å². The second-order valence-corrected chi connectivity index (χ2v) is 10.2. The normalized spacial score (nSPS) is 11.2. The first kappa shape index (κ1) is 25.0. The molecule has 178 valence electrons. The maximum atomic E-state index is 12.6. The van der Waals surface area contributed by atoms with Gasteiger partial charge in [-0.15, -0.1) is 0 Å². The Hall–Kier alpha value is -3.09. The maximum absolute atomic E-state index is 12.6. The molecule has 1 heterocycles. The molecule has 3 aromatic carbocycles. The lowest BCUT2D eigenvalue weighted by Gasteiger charge is -2.09. The predicted octanol–water partition coefficient (Wildman–Crippen LogP) is 7.36. The highest BCUT2D eigenvalue weighted by atomic mass is 79.9. The summed E-state index contributed by atoms with van der Waals surface area (Å²) in [6, 6.07) is 26.5. The molecule has 6 heteroatoms. The average molecular weight is 547 g/mol. The van der Waals surface area contributed by atoms with Crippen LogP contribution in [0, 0.1) is 20.8 Å². The van der Waals surface area contributed by atoms with Crippen LogP contribution in [0.3, 0.4) is 0 Å². The van der Waals surface area contributed by atoms with Crippen molar-refractivity contribution in [2.75, 3.05) is 0 Å². The smallest absolute Gasteiger partial charge is 0.271 e. The van der Waals surface area contributed by atoms with Crippen molar-refractivity contribution in [2.45, 2.75) is 32.3 Å². The third-order valence-electron chi connectivity index (χ3n) is 5.86. The highest BCUT2D eigenvalue weighted by molar-refractivity contribution is 9.10. The van der Waals surface area contributed by atoms with Gasteiger partial charge in [-0.25, -0.2) is 5.43 Å². The third kappa shape index (κ3) is 6.13. The van der Waals surface area contributed by atoms with Gasteiger partial charge in [0, 0.05) is 44.2 Å². The van der Waals surface area contributed by atoms with Crippen molar-refractivity contribution in [3.05, 3.63) is 123 Å². The fourth-order valence-electron chi connectivity index (χ4n) is 3.89. The fraction of sp³-hybridized carbons (Fsp3) is 0.172. The number of hydrogen-bond donors (Lipinski definition) is 1. The number of carbonyl (C=O) groups is 1. The minimum atomic E-state index is -0.229. The van der Waals surface area contributed by atoms with Gasteiger partial charge in [0.25, 0.3) is 5.91 Å². The number of rotatable bonds is 8. The predicted molar refractivity (Wildman–Crippen MR) is 151 cm³/mol. The first-order valence-corrected chi connectivity index (χ1v) is 13.4. The Labute approximate surface area is 219 Å². The largest absolute Gasteiger partial charge is 0.317 e. The Morgan fingerprint density at radius 1 is 0.886 bits per heavy atom. The number of hydrogen-bond acceptors (Lipinski definition) is 3. The molecule has 0 radical (unpaired) electrons. The van der Waals surface area contributed by atoms with Crippen molar-refractivity contribution in [1.82, 2.24) is 9.99 Å². The van der Waals surface area contributed by atoms with Crippen LogP contribution < -0.4 is 5.43 Å². The summed E-state index contributed by atoms with van der Waals surface area (Å²) in [4.78, 5) is 12.6. The van der Waals surface area contributed by atoms with E-state index < -0.39 is 0 Å². The van der Waals surface area contributed by atoms with Crippen molar-refractivity contribution >= 4 is 39.8 Å². The number of aryl methyl sites for hydroxylation is 1. The van der Waals surface area contributed by atoms with E-state index in [0.29, 0.717) is 5.56 Å². The summed E-state index contributed by atoms with van der Waals surface area (Å²) in [5.41, 5.74) is 11.1. The van der Waals surface area contributed by atoms with Crippen molar-refractivity contribution in [2.24, 2.45) is 5.10 Å². The van der Waals surface area contributed by atoms with Crippen LogP contribution in [0.1, 0.15) is 44.0 Å². The van der Waals surface area contributed by atoms with Gasteiger partial charge in [-0.1, -0.05) is 60.2 Å². The van der Waals surface area contributed by atoms with Gasteiger partial charge in [0.2, 0.25) is 0 Å². The molecule has 0 saturated heterocycles. The van der Waals surface area contributed by atoms with Crippen LogP contribution in [-0.2, 0) is 11.5 Å². The highest BCUT2D eigenvalue weighted by Gasteiger charge is 2.16. The number of aromatic nitrogens is 1. The monoisotopic (exact) mass is 545 g/mol. The third-order valence-corrected chi connectivity index (χ3v) is 7.94. The van der Waals surface area contributed by atoms with Crippen LogP contribution in [-0.4, -0.2) is 16.7 Å². The van der Waals surface area contributed by atoms with E-state index in [2.05, 4.69) is 100 Å². The lowest BCUT2D eigenvalue weighted by Crippen LogP contribution is -2.17. The quantitative estimate of drug-likeness (QED) is 0.185. The molecule has 1 aromatic heterocycles. The number of benzene rings is 3. The van der Waals surface area contributed by atoms with Crippen molar-refractivity contribution in [3.63, 3.8) is 0 Å². The van der Waals surface area contributed by atoms with Gasteiger partial charge in [-0.05, 0) is 72.1 Å². The summed E-state index contributed by atoms with van der Waals surface area (Å²) < 4.78 is 3.15. The van der Waals surface area contributed by atoms with Gasteiger partial charge >= 0.3 is 0 Å². The van der Waals surface area contributed by atoms with E-state index in [-0.39, 0.29) is 5.91 Å². The molecular weight excluding hydrogens is 518 g/mol. The number of thioether (sulfide) groups is 1. The van der Waals surface area contributed by atoms with Gasteiger partial charge in [0.05, 0.1) is 6.21 Å². The molecule has 1 amide bonds. The molecule has 4 aromatic rings. The first-order valence-electron chi connectivity index (χ1n) is 11.4. The Balaban J connectivity index is 1.37. The number of carbonyl (C=O) groups excluding carboxylic acids is 1. The molecule has 0 unspecified atom stereocenters. The highest BCUT2D eigenvalue weighted by Crippen LogP contribution is 2.29. The Morgan fingerprint density at radius 2 is 1.51 bits per heavy atom.